The zero-order valence-corrected chi connectivity index (χ0v) is 81.3. The van der Waals surface area contributed by atoms with Crippen molar-refractivity contribution in [3.63, 3.8) is 0 Å². The van der Waals surface area contributed by atoms with Crippen LogP contribution in [0.3, 0.4) is 0 Å². The van der Waals surface area contributed by atoms with Crippen LogP contribution in [0.5, 0.6) is 0 Å². The molecule has 20 nitrogen and oxygen atoms in total. The summed E-state index contributed by atoms with van der Waals surface area (Å²) in [5.41, 5.74) is 0. The minimum absolute atomic E-state index is 0.111. The van der Waals surface area contributed by atoms with Crippen LogP contribution in [-0.4, -0.2) is 178 Å². The summed E-state index contributed by atoms with van der Waals surface area (Å²) >= 11 is 0. The highest BCUT2D eigenvalue weighted by Crippen LogP contribution is 2.18. The highest BCUT2D eigenvalue weighted by molar-refractivity contribution is 5.70. The predicted octanol–water partition coefficient (Wildman–Crippen LogP) is 24.6. The SMILES string of the molecule is CCCCCCCC/C=C\CCCCCCCC(=O)OCC(O)CO.CCCCCCCC/C=C\CCCCCCCC(=O)OCC(O)CO.CCCCCCCC/C=C\CCCCCCCC(=O)OCC(O)CO.CCCCCCCC/C=C\CCCCCCCC(=O)OCC(O)CO.CCCCCCCC/C=C\CCCCCCCC(=O)OCC(O)CO. The maximum absolute atomic E-state index is 11.4. The Labute approximate surface area is 766 Å². The van der Waals surface area contributed by atoms with Gasteiger partial charge < -0.3 is 74.7 Å². The van der Waals surface area contributed by atoms with E-state index in [2.05, 4.69) is 95.4 Å². The summed E-state index contributed by atoms with van der Waals surface area (Å²) in [7, 11) is 0. The molecule has 5 atom stereocenters. The van der Waals surface area contributed by atoms with Gasteiger partial charge in [-0.3, -0.25) is 24.0 Å². The number of hydrogen-bond acceptors (Lipinski definition) is 20. The number of esters is 5. The normalized spacial score (nSPS) is 12.6. The highest BCUT2D eigenvalue weighted by Gasteiger charge is 2.13. The van der Waals surface area contributed by atoms with Crippen molar-refractivity contribution in [2.75, 3.05) is 66.1 Å². The molecule has 0 amide bonds. The minimum Gasteiger partial charge on any atom is -0.463 e. The molecule has 0 aliphatic heterocycles. The lowest BCUT2D eigenvalue weighted by atomic mass is 10.1. The number of aliphatic hydroxyl groups is 10. The van der Waals surface area contributed by atoms with Gasteiger partial charge in [0, 0.05) is 32.1 Å². The fourth-order valence-electron chi connectivity index (χ4n) is 13.3. The number of ether oxygens (including phenoxy) is 5. The Morgan fingerprint density at radius 2 is 0.280 bits per heavy atom. The van der Waals surface area contributed by atoms with Gasteiger partial charge in [-0.2, -0.15) is 0 Å². The van der Waals surface area contributed by atoms with Crippen LogP contribution < -0.4 is 0 Å². The first-order valence-corrected chi connectivity index (χ1v) is 51.5. The van der Waals surface area contributed by atoms with Gasteiger partial charge in [-0.25, -0.2) is 0 Å². The average Bonchev–Trinajstić information content (AvgIpc) is 1.04. The second-order valence-corrected chi connectivity index (χ2v) is 34.3. The van der Waals surface area contributed by atoms with Crippen LogP contribution in [0.15, 0.2) is 60.8 Å². The number of carbonyl (C=O) groups excluding carboxylic acids is 5. The van der Waals surface area contributed by atoms with Gasteiger partial charge in [-0.05, 0) is 161 Å². The van der Waals surface area contributed by atoms with Crippen molar-refractivity contribution in [1.82, 2.24) is 0 Å². The Hall–Kier alpha value is -4.35. The zero-order valence-electron chi connectivity index (χ0n) is 81.3. The molecule has 20 heteroatoms. The molecule has 0 bridgehead atoms. The summed E-state index contributed by atoms with van der Waals surface area (Å²) in [6.45, 7) is 8.84. The summed E-state index contributed by atoms with van der Waals surface area (Å²) in [4.78, 5) is 56.9. The number of unbranched alkanes of at least 4 members (excludes halogenated alkanes) is 55. The molecule has 0 saturated heterocycles. The zero-order chi connectivity index (χ0) is 92.9. The van der Waals surface area contributed by atoms with Gasteiger partial charge in [0.15, 0.2) is 0 Å². The second kappa shape index (κ2) is 116. The predicted molar refractivity (Wildman–Crippen MR) is 518 cm³/mol. The quantitative estimate of drug-likeness (QED) is 0.0117. The monoisotopic (exact) mass is 1780 g/mol. The van der Waals surface area contributed by atoms with Crippen molar-refractivity contribution in [3.8, 4) is 0 Å². The summed E-state index contributed by atoms with van der Waals surface area (Å²) in [5.74, 6) is -1.43. The lowest BCUT2D eigenvalue weighted by Gasteiger charge is -2.08. The summed E-state index contributed by atoms with van der Waals surface area (Å²) in [6.07, 6.45) is 100. The Bertz CT molecular complexity index is 1930. The molecule has 5 unspecified atom stereocenters. The first-order valence-electron chi connectivity index (χ1n) is 51.5. The van der Waals surface area contributed by atoms with Crippen LogP contribution in [0.2, 0.25) is 0 Å². The Morgan fingerprint density at radius 3 is 0.392 bits per heavy atom. The molecule has 0 spiro atoms. The van der Waals surface area contributed by atoms with E-state index < -0.39 is 30.5 Å². The van der Waals surface area contributed by atoms with E-state index in [1.54, 1.807) is 0 Å². The van der Waals surface area contributed by atoms with E-state index in [-0.39, 0.29) is 95.9 Å². The van der Waals surface area contributed by atoms with E-state index >= 15 is 0 Å². The number of hydrogen-bond donors (Lipinski definition) is 10. The molecule has 0 aromatic heterocycles. The molecule has 125 heavy (non-hydrogen) atoms. The number of aliphatic hydroxyl groups excluding tert-OH is 10. The van der Waals surface area contributed by atoms with Crippen LogP contribution in [0, 0.1) is 0 Å². The van der Waals surface area contributed by atoms with Gasteiger partial charge in [0.2, 0.25) is 0 Å². The van der Waals surface area contributed by atoms with Crippen molar-refractivity contribution in [2.45, 2.75) is 515 Å². The first-order chi connectivity index (χ1) is 61.0. The number of carbonyl (C=O) groups is 5. The molecule has 0 fully saturated rings. The van der Waals surface area contributed by atoms with E-state index in [0.29, 0.717) is 32.1 Å². The van der Waals surface area contributed by atoms with E-state index in [4.69, 9.17) is 74.7 Å². The fourth-order valence-corrected chi connectivity index (χ4v) is 13.3. The van der Waals surface area contributed by atoms with Gasteiger partial charge in [-0.15, -0.1) is 0 Å². The van der Waals surface area contributed by atoms with Gasteiger partial charge in [-0.1, -0.05) is 352 Å². The highest BCUT2D eigenvalue weighted by atomic mass is 16.6. The summed E-state index contributed by atoms with van der Waals surface area (Å²) in [6, 6.07) is 0. The average molecular weight is 1780 g/mol. The molecule has 10 N–H and O–H groups in total. The summed E-state index contributed by atoms with van der Waals surface area (Å²) in [5, 5.41) is 88.5. The van der Waals surface area contributed by atoms with Crippen LogP contribution in [0.1, 0.15) is 484 Å². The molecule has 0 heterocycles. The van der Waals surface area contributed by atoms with Crippen molar-refractivity contribution in [2.24, 2.45) is 0 Å². The molecule has 0 aromatic rings. The topological polar surface area (TPSA) is 334 Å². The standard InChI is InChI=1S/5C21H40O4/c5*1-2-3-4-5-6-7-8-9-10-11-12-13-14-15-16-17-21(24)25-19-20(23)18-22/h5*9-10,20,22-23H,2-8,11-19H2,1H3/b5*10-9-. The lowest BCUT2D eigenvalue weighted by Crippen LogP contribution is -2.21. The van der Waals surface area contributed by atoms with E-state index in [1.807, 2.05) is 0 Å². The molecule has 0 aliphatic rings. The molecule has 0 rings (SSSR count). The third-order valence-electron chi connectivity index (χ3n) is 21.5. The molecular weight excluding hydrogens is 1580 g/mol. The molecule has 0 aromatic carbocycles. The van der Waals surface area contributed by atoms with Crippen LogP contribution >= 0.6 is 0 Å². The summed E-state index contributed by atoms with van der Waals surface area (Å²) < 4.78 is 24.3. The van der Waals surface area contributed by atoms with Gasteiger partial charge in [0.05, 0.1) is 33.0 Å². The lowest BCUT2D eigenvalue weighted by molar-refractivity contribution is -0.148. The van der Waals surface area contributed by atoms with E-state index in [0.717, 1.165) is 128 Å². The molecule has 0 radical (unpaired) electrons. The second-order valence-electron chi connectivity index (χ2n) is 34.3. The van der Waals surface area contributed by atoms with Crippen molar-refractivity contribution in [1.29, 1.82) is 0 Å². The van der Waals surface area contributed by atoms with Crippen molar-refractivity contribution in [3.05, 3.63) is 60.8 Å². The van der Waals surface area contributed by atoms with E-state index in [1.165, 1.54) is 289 Å². The molecule has 0 aliphatic carbocycles. The third-order valence-corrected chi connectivity index (χ3v) is 21.5. The van der Waals surface area contributed by atoms with Gasteiger partial charge in [0.1, 0.15) is 63.6 Å². The van der Waals surface area contributed by atoms with Crippen molar-refractivity contribution < 1.29 is 98.7 Å². The molecule has 740 valence electrons. The van der Waals surface area contributed by atoms with Crippen molar-refractivity contribution >= 4 is 29.8 Å². The Morgan fingerprint density at radius 1 is 0.176 bits per heavy atom. The molecule has 0 saturated carbocycles. The van der Waals surface area contributed by atoms with Gasteiger partial charge >= 0.3 is 29.8 Å². The minimum atomic E-state index is -0.960. The first kappa shape index (κ1) is 129. The maximum atomic E-state index is 11.4. The maximum Gasteiger partial charge on any atom is 0.305 e. The van der Waals surface area contributed by atoms with Gasteiger partial charge in [0.25, 0.3) is 0 Å². The van der Waals surface area contributed by atoms with Crippen LogP contribution in [-0.2, 0) is 47.7 Å². The third kappa shape index (κ3) is 124. The van der Waals surface area contributed by atoms with E-state index in [9.17, 15) is 24.0 Å². The Balaban J connectivity index is -0.000000480. The smallest absolute Gasteiger partial charge is 0.305 e. The molecular formula is C105H200O20. The Kier molecular flexibility index (Phi) is 120. The van der Waals surface area contributed by atoms with Crippen LogP contribution in [0.25, 0.3) is 0 Å². The largest absolute Gasteiger partial charge is 0.463 e. The number of allylic oxidation sites excluding steroid dienone is 10. The number of rotatable bonds is 90. The van der Waals surface area contributed by atoms with Crippen LogP contribution in [0.4, 0.5) is 0 Å². The fraction of sp³-hybridized carbons (Fsp3) is 0.857.